The topological polar surface area (TPSA) is 75.8 Å². The van der Waals surface area contributed by atoms with E-state index in [1.165, 1.54) is 0 Å². The Morgan fingerprint density at radius 3 is 2.72 bits per heavy atom. The summed E-state index contributed by atoms with van der Waals surface area (Å²) in [5.41, 5.74) is 5.88. The monoisotopic (exact) mass is 258 g/mol. The number of nitrogens with zero attached hydrogens (tertiary/aromatic N) is 1. The number of piperidine rings is 1. The van der Waals surface area contributed by atoms with Gasteiger partial charge in [0.15, 0.2) is 0 Å². The molecule has 0 saturated carbocycles. The molecule has 0 aromatic carbocycles. The molecule has 1 saturated heterocycles. The van der Waals surface area contributed by atoms with Crippen LogP contribution in [0.1, 0.15) is 39.0 Å². The number of carbonyl (C=O) groups excluding carboxylic acids is 1. The Morgan fingerprint density at radius 1 is 1.50 bits per heavy atom. The fourth-order valence-corrected chi connectivity index (χ4v) is 2.32. The summed E-state index contributed by atoms with van der Waals surface area (Å²) in [6.45, 7) is 4.01. The van der Waals surface area contributed by atoms with Gasteiger partial charge in [0.25, 0.3) is 0 Å². The van der Waals surface area contributed by atoms with Gasteiger partial charge in [-0.3, -0.25) is 4.79 Å². The van der Waals surface area contributed by atoms with Gasteiger partial charge >= 0.3 is 0 Å². The van der Waals surface area contributed by atoms with Crippen LogP contribution in [0, 0.1) is 0 Å². The standard InChI is InChI=1S/C13H26N2O3/c1-2-3-11(14)10-13(17)15-6-4-12(5-7-15)18-9-8-16/h11-12,16H,2-10,14H2,1H3. The van der Waals surface area contributed by atoms with Gasteiger partial charge < -0.3 is 20.5 Å². The molecule has 0 aliphatic carbocycles. The van der Waals surface area contributed by atoms with Crippen LogP contribution >= 0.6 is 0 Å². The van der Waals surface area contributed by atoms with Gasteiger partial charge in [0.1, 0.15) is 0 Å². The van der Waals surface area contributed by atoms with Crippen LogP contribution in [-0.4, -0.2) is 54.4 Å². The molecule has 18 heavy (non-hydrogen) atoms. The minimum atomic E-state index is -0.00846. The molecule has 1 rings (SSSR count). The highest BCUT2D eigenvalue weighted by Gasteiger charge is 2.23. The Bertz CT molecular complexity index is 240. The van der Waals surface area contributed by atoms with Gasteiger partial charge in [-0.25, -0.2) is 0 Å². The molecule has 0 aromatic rings. The molecule has 0 radical (unpaired) electrons. The molecule has 106 valence electrons. The first kappa shape index (κ1) is 15.4. The SMILES string of the molecule is CCCC(N)CC(=O)N1CCC(OCCO)CC1. The van der Waals surface area contributed by atoms with Crippen LogP contribution in [0.5, 0.6) is 0 Å². The first-order valence-electron chi connectivity index (χ1n) is 6.93. The molecular formula is C13H26N2O3. The van der Waals surface area contributed by atoms with Crippen molar-refractivity contribution in [2.45, 2.75) is 51.2 Å². The zero-order chi connectivity index (χ0) is 13.4. The predicted molar refractivity (Wildman–Crippen MR) is 70.1 cm³/mol. The summed E-state index contributed by atoms with van der Waals surface area (Å²) >= 11 is 0. The summed E-state index contributed by atoms with van der Waals surface area (Å²) in [4.78, 5) is 13.9. The van der Waals surface area contributed by atoms with E-state index in [0.29, 0.717) is 13.0 Å². The van der Waals surface area contributed by atoms with E-state index in [9.17, 15) is 4.79 Å². The van der Waals surface area contributed by atoms with E-state index < -0.39 is 0 Å². The fourth-order valence-electron chi connectivity index (χ4n) is 2.32. The van der Waals surface area contributed by atoms with Crippen LogP contribution in [0.25, 0.3) is 0 Å². The molecule has 3 N–H and O–H groups in total. The molecule has 1 unspecified atom stereocenters. The third kappa shape index (κ3) is 5.33. The number of aliphatic hydroxyl groups excluding tert-OH is 1. The maximum absolute atomic E-state index is 12.0. The van der Waals surface area contributed by atoms with Crippen molar-refractivity contribution in [2.24, 2.45) is 5.73 Å². The molecule has 0 aromatic heterocycles. The number of hydrogen-bond donors (Lipinski definition) is 2. The Labute approximate surface area is 109 Å². The first-order valence-corrected chi connectivity index (χ1v) is 6.93. The Morgan fingerprint density at radius 2 is 2.17 bits per heavy atom. The number of likely N-dealkylation sites (tertiary alicyclic amines) is 1. The van der Waals surface area contributed by atoms with Crippen molar-refractivity contribution in [1.29, 1.82) is 0 Å². The van der Waals surface area contributed by atoms with E-state index >= 15 is 0 Å². The smallest absolute Gasteiger partial charge is 0.224 e. The highest BCUT2D eigenvalue weighted by molar-refractivity contribution is 5.76. The largest absolute Gasteiger partial charge is 0.394 e. The number of amides is 1. The van der Waals surface area contributed by atoms with Gasteiger partial charge in [-0.1, -0.05) is 13.3 Å². The van der Waals surface area contributed by atoms with E-state index in [1.807, 2.05) is 4.90 Å². The fraction of sp³-hybridized carbons (Fsp3) is 0.923. The Balaban J connectivity index is 2.23. The predicted octanol–water partition coefficient (Wildman–Crippen LogP) is 0.504. The van der Waals surface area contributed by atoms with Crippen molar-refractivity contribution in [3.05, 3.63) is 0 Å². The van der Waals surface area contributed by atoms with Crippen molar-refractivity contribution in [1.82, 2.24) is 4.90 Å². The number of aliphatic hydroxyl groups is 1. The lowest BCUT2D eigenvalue weighted by molar-refractivity contribution is -0.134. The van der Waals surface area contributed by atoms with Gasteiger partial charge in [-0.15, -0.1) is 0 Å². The van der Waals surface area contributed by atoms with Gasteiger partial charge in [0.05, 0.1) is 19.3 Å². The summed E-state index contributed by atoms with van der Waals surface area (Å²) in [5.74, 6) is 0.163. The average molecular weight is 258 g/mol. The van der Waals surface area contributed by atoms with Gasteiger partial charge in [0, 0.05) is 25.6 Å². The number of hydrogen-bond acceptors (Lipinski definition) is 4. The molecular weight excluding hydrogens is 232 g/mol. The highest BCUT2D eigenvalue weighted by atomic mass is 16.5. The van der Waals surface area contributed by atoms with Crippen LogP contribution < -0.4 is 5.73 Å². The molecule has 1 amide bonds. The van der Waals surface area contributed by atoms with E-state index in [4.69, 9.17) is 15.6 Å². The van der Waals surface area contributed by atoms with Gasteiger partial charge in [-0.05, 0) is 19.3 Å². The average Bonchev–Trinajstić information content (AvgIpc) is 2.37. The van der Waals surface area contributed by atoms with Crippen molar-refractivity contribution in [2.75, 3.05) is 26.3 Å². The first-order chi connectivity index (χ1) is 8.67. The quantitative estimate of drug-likeness (QED) is 0.697. The molecule has 5 heteroatoms. The van der Waals surface area contributed by atoms with Crippen molar-refractivity contribution in [3.63, 3.8) is 0 Å². The van der Waals surface area contributed by atoms with Crippen molar-refractivity contribution in [3.8, 4) is 0 Å². The minimum Gasteiger partial charge on any atom is -0.394 e. The normalized spacial score (nSPS) is 18.9. The van der Waals surface area contributed by atoms with Gasteiger partial charge in [-0.2, -0.15) is 0 Å². The number of ether oxygens (including phenoxy) is 1. The second kappa shape index (κ2) is 8.45. The highest BCUT2D eigenvalue weighted by Crippen LogP contribution is 2.15. The number of nitrogens with two attached hydrogens (primary N) is 1. The van der Waals surface area contributed by atoms with Crippen LogP contribution in [0.3, 0.4) is 0 Å². The summed E-state index contributed by atoms with van der Waals surface area (Å²) in [5, 5.41) is 8.68. The van der Waals surface area contributed by atoms with Crippen LogP contribution in [0.4, 0.5) is 0 Å². The maximum atomic E-state index is 12.0. The molecule has 1 heterocycles. The van der Waals surface area contributed by atoms with Crippen LogP contribution in [0.2, 0.25) is 0 Å². The molecule has 1 aliphatic heterocycles. The third-order valence-corrected chi connectivity index (χ3v) is 3.34. The molecule has 1 fully saturated rings. The van der Waals surface area contributed by atoms with Crippen LogP contribution in [0.15, 0.2) is 0 Å². The summed E-state index contributed by atoms with van der Waals surface area (Å²) < 4.78 is 5.47. The van der Waals surface area contributed by atoms with Gasteiger partial charge in [0.2, 0.25) is 5.91 Å². The summed E-state index contributed by atoms with van der Waals surface area (Å²) in [7, 11) is 0. The molecule has 0 spiro atoms. The summed E-state index contributed by atoms with van der Waals surface area (Å²) in [6.07, 6.45) is 4.28. The Hall–Kier alpha value is -0.650. The summed E-state index contributed by atoms with van der Waals surface area (Å²) in [6, 6.07) is -0.00846. The van der Waals surface area contributed by atoms with Crippen molar-refractivity contribution < 1.29 is 14.6 Å². The van der Waals surface area contributed by atoms with E-state index in [-0.39, 0.29) is 24.7 Å². The minimum absolute atomic E-state index is 0.00846. The molecule has 1 aliphatic rings. The lowest BCUT2D eigenvalue weighted by Gasteiger charge is -2.32. The maximum Gasteiger partial charge on any atom is 0.224 e. The van der Waals surface area contributed by atoms with Crippen LogP contribution in [-0.2, 0) is 9.53 Å². The zero-order valence-electron chi connectivity index (χ0n) is 11.3. The molecule has 0 bridgehead atoms. The Kier molecular flexibility index (Phi) is 7.23. The lowest BCUT2D eigenvalue weighted by Crippen LogP contribution is -2.43. The molecule has 1 atom stereocenters. The number of rotatable bonds is 7. The zero-order valence-corrected chi connectivity index (χ0v) is 11.3. The second-order valence-corrected chi connectivity index (χ2v) is 4.93. The van der Waals surface area contributed by atoms with Crippen molar-refractivity contribution >= 4 is 5.91 Å². The second-order valence-electron chi connectivity index (χ2n) is 4.93. The molecule has 5 nitrogen and oxygen atoms in total. The third-order valence-electron chi connectivity index (χ3n) is 3.34. The lowest BCUT2D eigenvalue weighted by atomic mass is 10.0. The van der Waals surface area contributed by atoms with E-state index in [1.54, 1.807) is 0 Å². The number of carbonyl (C=O) groups is 1. The van der Waals surface area contributed by atoms with E-state index in [0.717, 1.165) is 38.8 Å². The van der Waals surface area contributed by atoms with E-state index in [2.05, 4.69) is 6.92 Å².